The number of nitrogen functional groups attached to an aromatic ring is 1. The number of hydrogen-bond donors (Lipinski definition) is 2. The van der Waals surface area contributed by atoms with Crippen molar-refractivity contribution < 1.29 is 14.4 Å². The van der Waals surface area contributed by atoms with Gasteiger partial charge in [-0.3, -0.25) is 29.6 Å². The highest BCUT2D eigenvalue weighted by Crippen LogP contribution is 2.29. The third-order valence-electron chi connectivity index (χ3n) is 6.15. The van der Waals surface area contributed by atoms with Crippen molar-refractivity contribution in [2.75, 3.05) is 12.3 Å². The molecule has 1 atom stereocenters. The summed E-state index contributed by atoms with van der Waals surface area (Å²) in [5.74, 6) is -0.796. The summed E-state index contributed by atoms with van der Waals surface area (Å²) < 4.78 is 0. The molecule has 1 aromatic heterocycles. The van der Waals surface area contributed by atoms with Crippen LogP contribution in [0.25, 0.3) is 0 Å². The Morgan fingerprint density at radius 3 is 2.80 bits per heavy atom. The normalized spacial score (nSPS) is 21.4. The number of hydrogen-bond acceptors (Lipinski definition) is 6. The molecule has 0 aliphatic carbocycles. The van der Waals surface area contributed by atoms with Crippen LogP contribution < -0.4 is 11.1 Å². The van der Waals surface area contributed by atoms with Gasteiger partial charge in [0.15, 0.2) is 0 Å². The van der Waals surface area contributed by atoms with Crippen LogP contribution in [-0.2, 0) is 35.6 Å². The molecular weight excluding hydrogens is 382 g/mol. The fraction of sp³-hybridized carbons (Fsp3) is 0.364. The number of fused-ring (bicyclic) bond motifs is 2. The van der Waals surface area contributed by atoms with E-state index in [4.69, 9.17) is 5.73 Å². The van der Waals surface area contributed by atoms with Crippen molar-refractivity contribution in [1.82, 2.24) is 20.1 Å². The molecule has 2 aromatic rings. The van der Waals surface area contributed by atoms with E-state index in [9.17, 15) is 14.4 Å². The highest BCUT2D eigenvalue weighted by Gasteiger charge is 2.39. The lowest BCUT2D eigenvalue weighted by Crippen LogP contribution is -2.52. The van der Waals surface area contributed by atoms with Crippen molar-refractivity contribution in [3.63, 3.8) is 0 Å². The Morgan fingerprint density at radius 1 is 1.10 bits per heavy atom. The van der Waals surface area contributed by atoms with E-state index in [1.807, 2.05) is 18.2 Å². The smallest absolute Gasteiger partial charge is 0.255 e. The summed E-state index contributed by atoms with van der Waals surface area (Å²) in [6.07, 6.45) is 3.26. The number of anilines is 1. The third-order valence-corrected chi connectivity index (χ3v) is 6.15. The van der Waals surface area contributed by atoms with Gasteiger partial charge in [-0.15, -0.1) is 0 Å². The van der Waals surface area contributed by atoms with Crippen molar-refractivity contribution >= 4 is 23.4 Å². The number of imide groups is 1. The number of piperidine rings is 1. The summed E-state index contributed by atoms with van der Waals surface area (Å²) >= 11 is 0. The SMILES string of the molecule is Nc1cnc2c(c1)CCN(Cc1ccc3c(c1)CN(C1CCC(=O)NC1=O)C3=O)C2. The zero-order valence-corrected chi connectivity index (χ0v) is 16.6. The molecule has 3 aliphatic rings. The number of amides is 3. The van der Waals surface area contributed by atoms with Crippen LogP contribution in [0.1, 0.15) is 45.6 Å². The van der Waals surface area contributed by atoms with Gasteiger partial charge in [-0.25, -0.2) is 0 Å². The van der Waals surface area contributed by atoms with E-state index >= 15 is 0 Å². The summed E-state index contributed by atoms with van der Waals surface area (Å²) in [5.41, 5.74) is 11.5. The van der Waals surface area contributed by atoms with E-state index in [0.717, 1.165) is 42.9 Å². The highest BCUT2D eigenvalue weighted by molar-refractivity contribution is 6.05. The number of benzene rings is 1. The minimum Gasteiger partial charge on any atom is -0.397 e. The Bertz CT molecular complexity index is 1070. The molecule has 1 saturated heterocycles. The number of rotatable bonds is 3. The Hall–Kier alpha value is -3.26. The summed E-state index contributed by atoms with van der Waals surface area (Å²) in [7, 11) is 0. The molecule has 8 nitrogen and oxygen atoms in total. The minimum atomic E-state index is -0.580. The first kappa shape index (κ1) is 18.7. The summed E-state index contributed by atoms with van der Waals surface area (Å²) in [5, 5.41) is 2.34. The van der Waals surface area contributed by atoms with E-state index in [0.29, 0.717) is 24.2 Å². The van der Waals surface area contributed by atoms with Crippen molar-refractivity contribution in [3.8, 4) is 0 Å². The van der Waals surface area contributed by atoms with E-state index in [1.54, 1.807) is 11.1 Å². The summed E-state index contributed by atoms with van der Waals surface area (Å²) in [6, 6.07) is 7.32. The van der Waals surface area contributed by atoms with Gasteiger partial charge >= 0.3 is 0 Å². The lowest BCUT2D eigenvalue weighted by molar-refractivity contribution is -0.136. The molecule has 0 bridgehead atoms. The fourth-order valence-electron chi connectivity index (χ4n) is 4.60. The Labute approximate surface area is 174 Å². The van der Waals surface area contributed by atoms with Crippen LogP contribution >= 0.6 is 0 Å². The molecule has 1 unspecified atom stereocenters. The predicted molar refractivity (Wildman–Crippen MR) is 109 cm³/mol. The van der Waals surface area contributed by atoms with Gasteiger partial charge in [0.2, 0.25) is 11.8 Å². The van der Waals surface area contributed by atoms with Gasteiger partial charge in [0.05, 0.1) is 17.6 Å². The number of nitrogens with zero attached hydrogens (tertiary/aromatic N) is 3. The molecule has 4 heterocycles. The molecule has 3 aliphatic heterocycles. The van der Waals surface area contributed by atoms with Crippen LogP contribution in [0, 0.1) is 0 Å². The Kier molecular flexibility index (Phi) is 4.51. The zero-order valence-electron chi connectivity index (χ0n) is 16.6. The molecule has 0 spiro atoms. The van der Waals surface area contributed by atoms with Gasteiger partial charge in [0.25, 0.3) is 5.91 Å². The lowest BCUT2D eigenvalue weighted by atomic mass is 10.0. The summed E-state index contributed by atoms with van der Waals surface area (Å²) in [6.45, 7) is 2.87. The molecule has 30 heavy (non-hydrogen) atoms. The van der Waals surface area contributed by atoms with Crippen LogP contribution in [0.5, 0.6) is 0 Å². The van der Waals surface area contributed by atoms with E-state index in [2.05, 4.69) is 21.3 Å². The topological polar surface area (TPSA) is 109 Å². The second-order valence-electron chi connectivity index (χ2n) is 8.23. The first-order chi connectivity index (χ1) is 14.5. The molecule has 0 radical (unpaired) electrons. The maximum Gasteiger partial charge on any atom is 0.255 e. The lowest BCUT2D eigenvalue weighted by Gasteiger charge is -2.29. The molecule has 8 heteroatoms. The minimum absolute atomic E-state index is 0.139. The van der Waals surface area contributed by atoms with Crippen molar-refractivity contribution in [3.05, 3.63) is 58.4 Å². The van der Waals surface area contributed by atoms with Crippen LogP contribution in [-0.4, -0.2) is 45.1 Å². The molecule has 154 valence electrons. The molecule has 0 saturated carbocycles. The number of carbonyl (C=O) groups is 3. The number of nitrogens with one attached hydrogen (secondary N) is 1. The number of nitrogens with two attached hydrogens (primary N) is 1. The van der Waals surface area contributed by atoms with Crippen LogP contribution in [0.3, 0.4) is 0 Å². The molecule has 5 rings (SSSR count). The second-order valence-corrected chi connectivity index (χ2v) is 8.23. The Morgan fingerprint density at radius 2 is 1.97 bits per heavy atom. The summed E-state index contributed by atoms with van der Waals surface area (Å²) in [4.78, 5) is 44.8. The zero-order chi connectivity index (χ0) is 20.8. The predicted octanol–water partition coefficient (Wildman–Crippen LogP) is 0.983. The molecule has 1 aromatic carbocycles. The van der Waals surface area contributed by atoms with Crippen LogP contribution in [0.15, 0.2) is 30.5 Å². The first-order valence-corrected chi connectivity index (χ1v) is 10.2. The quantitative estimate of drug-likeness (QED) is 0.737. The van der Waals surface area contributed by atoms with Crippen LogP contribution in [0.4, 0.5) is 5.69 Å². The Balaban J connectivity index is 1.29. The molecular formula is C22H23N5O3. The van der Waals surface area contributed by atoms with Gasteiger partial charge in [0, 0.05) is 38.2 Å². The number of aromatic nitrogens is 1. The fourth-order valence-corrected chi connectivity index (χ4v) is 4.60. The van der Waals surface area contributed by atoms with E-state index in [-0.39, 0.29) is 24.1 Å². The average Bonchev–Trinajstić information content (AvgIpc) is 3.04. The van der Waals surface area contributed by atoms with E-state index in [1.165, 1.54) is 5.56 Å². The monoisotopic (exact) mass is 405 g/mol. The maximum atomic E-state index is 12.8. The largest absolute Gasteiger partial charge is 0.397 e. The van der Waals surface area contributed by atoms with Gasteiger partial charge in [0.1, 0.15) is 6.04 Å². The third kappa shape index (κ3) is 3.33. The highest BCUT2D eigenvalue weighted by atomic mass is 16.2. The second kappa shape index (κ2) is 7.21. The maximum absolute atomic E-state index is 12.8. The standard InChI is InChI=1S/C22H23N5O3/c23-16-8-14-5-6-26(12-18(14)24-9-16)10-13-1-2-17-15(7-13)11-27(22(17)30)19-3-4-20(28)25-21(19)29/h1-2,7-9,19H,3-6,10-12,23H2,(H,25,28,29). The van der Waals surface area contributed by atoms with Crippen molar-refractivity contribution in [1.29, 1.82) is 0 Å². The van der Waals surface area contributed by atoms with Gasteiger partial charge in [-0.1, -0.05) is 12.1 Å². The number of carbonyl (C=O) groups excluding carboxylic acids is 3. The van der Waals surface area contributed by atoms with Gasteiger partial charge in [-0.05, 0) is 41.7 Å². The number of pyridine rings is 1. The molecule has 3 amide bonds. The van der Waals surface area contributed by atoms with Crippen molar-refractivity contribution in [2.24, 2.45) is 0 Å². The van der Waals surface area contributed by atoms with Gasteiger partial charge in [-0.2, -0.15) is 0 Å². The van der Waals surface area contributed by atoms with Crippen molar-refractivity contribution in [2.45, 2.75) is 44.9 Å². The van der Waals surface area contributed by atoms with E-state index < -0.39 is 6.04 Å². The molecule has 3 N–H and O–H groups in total. The molecule has 1 fully saturated rings. The van der Waals surface area contributed by atoms with Gasteiger partial charge < -0.3 is 10.6 Å². The average molecular weight is 405 g/mol. The first-order valence-electron chi connectivity index (χ1n) is 10.2. The van der Waals surface area contributed by atoms with Crippen LogP contribution in [0.2, 0.25) is 0 Å².